The normalized spacial score (nSPS) is 1.50. The van der Waals surface area contributed by atoms with E-state index in [1.165, 1.54) is 0 Å². The molecule has 0 spiro atoms. The lowest BCUT2D eigenvalue weighted by Crippen LogP contribution is -0.310. The maximum absolute atomic E-state index is 4.11. The van der Waals surface area contributed by atoms with E-state index in [0.717, 1.165) is 0 Å². The molecule has 0 amide bonds. The number of halogens is 3. The van der Waals surface area contributed by atoms with Crippen LogP contribution < -0.4 is 0 Å². The van der Waals surface area contributed by atoms with Gasteiger partial charge in [0.25, 0.3) is 0 Å². The van der Waals surface area contributed by atoms with Crippen molar-refractivity contribution in [2.45, 2.75) is 0 Å². The summed E-state index contributed by atoms with van der Waals surface area (Å²) in [6.07, 6.45) is 0. The highest BCUT2D eigenvalue weighted by molar-refractivity contribution is 7.59. The Hall–Kier alpha value is 1.22. The second-order valence-electron chi connectivity index (χ2n) is 0. The first-order valence-corrected chi connectivity index (χ1v) is 1.29. The summed E-state index contributed by atoms with van der Waals surface area (Å²) in [6.45, 7) is 0. The van der Waals surface area contributed by atoms with E-state index < -0.39 is 0 Å². The van der Waals surface area contributed by atoms with Crippen LogP contribution in [0.1, 0.15) is 0 Å². The van der Waals surface area contributed by atoms with Gasteiger partial charge >= 0.3 is 0 Å². The van der Waals surface area contributed by atoms with Gasteiger partial charge in [-0.1, -0.05) is 0 Å². The van der Waals surface area contributed by atoms with E-state index in [0.29, 0.717) is 0 Å². The van der Waals surface area contributed by atoms with Gasteiger partial charge in [0.1, 0.15) is 0 Å². The van der Waals surface area contributed by atoms with E-state index in [4.69, 9.17) is 0 Å². The molecule has 0 aromatic carbocycles. The van der Waals surface area contributed by atoms with Gasteiger partial charge in [0, 0.05) is 21.7 Å². The Balaban J connectivity index is -0.00000000500. The molecule has 0 aromatic heterocycles. The Morgan fingerprint density at radius 2 is 1.00 bits per heavy atom. The predicted octanol–water partition coefficient (Wildman–Crippen LogP) is 1.91. The van der Waals surface area contributed by atoms with Crippen molar-refractivity contribution in [2.75, 3.05) is 0 Å². The molecule has 0 aliphatic carbocycles. The monoisotopic (exact) mass is 140 g/mol. The summed E-state index contributed by atoms with van der Waals surface area (Å²) >= 11 is 0. The van der Waals surface area contributed by atoms with Crippen molar-refractivity contribution in [2.24, 2.45) is 0 Å². The van der Waals surface area contributed by atoms with Crippen molar-refractivity contribution in [1.29, 1.82) is 0 Å². The lowest BCUT2D eigenvalue weighted by molar-refractivity contribution is 4.85. The van der Waals surface area contributed by atoms with E-state index in [9.17, 15) is 0 Å². The summed E-state index contributed by atoms with van der Waals surface area (Å²) in [5.74, 6) is 0. The average Bonchev–Trinajstić information content (AvgIpc) is 1.00. The second kappa shape index (κ2) is 29.4. The molecule has 0 saturated heterocycles. The number of hydrogen-bond acceptors (Lipinski definition) is 0. The highest BCUT2D eigenvalue weighted by Crippen LogP contribution is 1.69. The van der Waals surface area contributed by atoms with Crippen molar-refractivity contribution >= 4 is 47.6 Å². The van der Waals surface area contributed by atoms with Crippen LogP contribution in [0.4, 0.5) is 0 Å². The van der Waals surface area contributed by atoms with Crippen LogP contribution in [0.15, 0.2) is 0 Å². The fourth-order valence-electron chi connectivity index (χ4n) is 0. The first-order valence-electron chi connectivity index (χ1n) is 0.143. The van der Waals surface area contributed by atoms with E-state index in [-0.39, 0.29) is 25.9 Å². The smallest absolute Gasteiger partial charge is 0 e. The van der Waals surface area contributed by atoms with Crippen LogP contribution in [0.25, 0.3) is 0 Å². The molecule has 0 N–H and O–H groups in total. The van der Waals surface area contributed by atoms with Gasteiger partial charge in [0.15, 0.2) is 0 Å². The summed E-state index contributed by atoms with van der Waals surface area (Å²) in [6, 6.07) is 0. The van der Waals surface area contributed by atoms with Crippen LogP contribution in [-0.4, -0.2) is 0 Å². The third-order valence-electron chi connectivity index (χ3n) is 0. The van der Waals surface area contributed by atoms with E-state index >= 15 is 0 Å². The maximum atomic E-state index is 4.11. The molecular formula is H3Cl3S. The number of hydrogen-bond donors (Lipinski definition) is 0. The largest absolute Gasteiger partial charge is 0.197 e. The Labute approximate surface area is 47.9 Å². The zero-order valence-corrected chi connectivity index (χ0v) is 4.99. The minimum Gasteiger partial charge on any atom is -0.197 e. The molecule has 0 radical (unpaired) electrons. The summed E-state index contributed by atoms with van der Waals surface area (Å²) in [5.41, 5.74) is 0. The fraction of sp³-hybridized carbons (Fsp3) is 0. The Morgan fingerprint density at radius 1 is 1.00 bits per heavy atom. The van der Waals surface area contributed by atoms with Crippen molar-refractivity contribution in [3.63, 3.8) is 0 Å². The van der Waals surface area contributed by atoms with Crippen molar-refractivity contribution in [3.8, 4) is 0 Å². The minimum absolute atomic E-state index is 0. The number of rotatable bonds is 0. The Kier molecular flexibility index (Phi) is 139. The molecule has 0 aliphatic rings. The molecule has 0 heterocycles. The van der Waals surface area contributed by atoms with Gasteiger partial charge < -0.3 is 0 Å². The minimum atomic E-state index is 0. The van der Waals surface area contributed by atoms with Crippen LogP contribution >= 0.6 is 47.6 Å². The molecule has 4 heavy (non-hydrogen) atoms. The summed E-state index contributed by atoms with van der Waals surface area (Å²) in [5, 5.41) is 0. The molecule has 0 bridgehead atoms. The molecule has 0 aromatic rings. The first kappa shape index (κ1) is 18.9. The predicted molar refractivity (Wildman–Crippen MR) is 29.3 cm³/mol. The van der Waals surface area contributed by atoms with Gasteiger partial charge in [-0.15, -0.1) is 12.4 Å². The molecule has 30 valence electrons. The standard InChI is InChI=1S/Cl2.ClH.H2S/c1-2;;/h;1H;1H2. The van der Waals surface area contributed by atoms with Crippen LogP contribution in [0.3, 0.4) is 0 Å². The topological polar surface area (TPSA) is 0 Å². The summed E-state index contributed by atoms with van der Waals surface area (Å²) in [7, 11) is 8.22. The van der Waals surface area contributed by atoms with Crippen molar-refractivity contribution < 1.29 is 0 Å². The van der Waals surface area contributed by atoms with Gasteiger partial charge in [0.2, 0.25) is 0 Å². The molecule has 0 nitrogen and oxygen atoms in total. The van der Waals surface area contributed by atoms with Gasteiger partial charge in [-0.05, 0) is 0 Å². The van der Waals surface area contributed by atoms with E-state index in [1.54, 1.807) is 0 Å². The van der Waals surface area contributed by atoms with Gasteiger partial charge in [0.05, 0.1) is 0 Å². The van der Waals surface area contributed by atoms with Gasteiger partial charge in [-0.3, -0.25) is 0 Å². The molecule has 0 atom stereocenters. The summed E-state index contributed by atoms with van der Waals surface area (Å²) in [4.78, 5) is 0. The first-order chi connectivity index (χ1) is 1.00. The second-order valence-corrected chi connectivity index (χ2v) is 0. The maximum Gasteiger partial charge on any atom is 0 e. The van der Waals surface area contributed by atoms with E-state index in [2.05, 4.69) is 21.7 Å². The van der Waals surface area contributed by atoms with Gasteiger partial charge in [-0.2, -0.15) is 13.5 Å². The quantitative estimate of drug-likeness (QED) is 0.483. The third-order valence-corrected chi connectivity index (χ3v) is 0. The van der Waals surface area contributed by atoms with Crippen LogP contribution in [0.2, 0.25) is 0 Å². The Bertz CT molecular complexity index is 3.25. The van der Waals surface area contributed by atoms with Crippen molar-refractivity contribution in [3.05, 3.63) is 0 Å². The highest BCUT2D eigenvalue weighted by Gasteiger charge is 1.00. The summed E-state index contributed by atoms with van der Waals surface area (Å²) < 4.78 is 0. The molecule has 0 saturated carbocycles. The molecule has 0 rings (SSSR count). The average molecular weight is 141 g/mol. The molecule has 0 aliphatic heterocycles. The third kappa shape index (κ3) is 10.7. The van der Waals surface area contributed by atoms with E-state index in [1.807, 2.05) is 0 Å². The Morgan fingerprint density at radius 3 is 1.00 bits per heavy atom. The lowest BCUT2D eigenvalue weighted by Gasteiger charge is -1.000. The lowest BCUT2D eigenvalue weighted by atomic mass is 32.1. The van der Waals surface area contributed by atoms with Crippen LogP contribution in [-0.2, 0) is 0 Å². The van der Waals surface area contributed by atoms with Crippen molar-refractivity contribution in [1.82, 2.24) is 0 Å². The molecule has 0 fully saturated rings. The molecule has 0 unspecified atom stereocenters. The highest BCUT2D eigenvalue weighted by atomic mass is 36.5. The zero-order valence-electron chi connectivity index (χ0n) is 1.66. The van der Waals surface area contributed by atoms with Crippen LogP contribution in [0.5, 0.6) is 0 Å². The van der Waals surface area contributed by atoms with Gasteiger partial charge in [-0.25, -0.2) is 0 Å². The fourth-order valence-corrected chi connectivity index (χ4v) is 0. The molecular weight excluding hydrogens is 138 g/mol. The molecule has 4 heteroatoms. The SMILES string of the molecule is Cl.ClCl.S. The zero-order chi connectivity index (χ0) is 2.00. The van der Waals surface area contributed by atoms with Crippen LogP contribution in [0, 0.1) is 0 Å².